The summed E-state index contributed by atoms with van der Waals surface area (Å²) in [5.74, 6) is 1.83. The molecule has 12 rings (SSSR count). The van der Waals surface area contributed by atoms with Crippen molar-refractivity contribution in [3.63, 3.8) is 0 Å². The largest absolute Gasteiger partial charge is 0.278 e. The van der Waals surface area contributed by atoms with Crippen LogP contribution in [0.4, 0.5) is 0 Å². The van der Waals surface area contributed by atoms with Crippen LogP contribution in [0, 0.1) is 0 Å². The molecule has 0 N–H and O–H groups in total. The molecule has 2 aromatic heterocycles. The lowest BCUT2D eigenvalue weighted by molar-refractivity contribution is 0.769. The lowest BCUT2D eigenvalue weighted by atomic mass is 9.67. The van der Waals surface area contributed by atoms with E-state index in [-0.39, 0.29) is 0 Å². The maximum atomic E-state index is 5.36. The van der Waals surface area contributed by atoms with Crippen LogP contribution >= 0.6 is 0 Å². The lowest BCUT2D eigenvalue weighted by Crippen LogP contribution is -2.28. The summed E-state index contributed by atoms with van der Waals surface area (Å²) in [6.07, 6.45) is 0. The predicted molar refractivity (Wildman–Crippen MR) is 237 cm³/mol. The van der Waals surface area contributed by atoms with Gasteiger partial charge in [0.05, 0.1) is 16.4 Å². The number of rotatable bonds is 5. The quantitative estimate of drug-likeness (QED) is 0.177. The van der Waals surface area contributed by atoms with Gasteiger partial charge in [0.15, 0.2) is 11.6 Å². The molecule has 0 saturated carbocycles. The highest BCUT2D eigenvalue weighted by Gasteiger charge is 2.46. The van der Waals surface area contributed by atoms with Crippen LogP contribution in [0.1, 0.15) is 22.3 Å². The van der Waals surface area contributed by atoms with Crippen LogP contribution < -0.4 is 0 Å². The Morgan fingerprint density at radius 3 is 1.50 bits per heavy atom. The minimum atomic E-state index is -0.546. The normalized spacial score (nSPS) is 13.0. The standard InChI is InChI=1S/C54H34N4/c1-2-18-41(19-3-1)54(47-23-11-8-20-43(47)44-21-9-12-24-48(44)54)42-30-31-46-45-22-10-13-25-49(45)58(50(46)34-42)53-56-51(39-28-26-35-14-4-6-16-37(35)32-39)55-52(57-53)40-29-27-36-15-5-7-17-38(36)33-40/h1-34H. The molecule has 0 bridgehead atoms. The van der Waals surface area contributed by atoms with E-state index in [0.29, 0.717) is 17.6 Å². The fourth-order valence-corrected chi connectivity index (χ4v) is 9.51. The number of fused-ring (bicyclic) bond motifs is 8. The third kappa shape index (κ3) is 4.79. The molecule has 2 heterocycles. The van der Waals surface area contributed by atoms with E-state index in [1.165, 1.54) is 44.2 Å². The van der Waals surface area contributed by atoms with Gasteiger partial charge in [-0.15, -0.1) is 0 Å². The van der Waals surface area contributed by atoms with E-state index >= 15 is 0 Å². The number of para-hydroxylation sites is 1. The van der Waals surface area contributed by atoms with Crippen LogP contribution in [0.2, 0.25) is 0 Å². The summed E-state index contributed by atoms with van der Waals surface area (Å²) in [6, 6.07) is 74.1. The Bertz CT molecular complexity index is 3270. The van der Waals surface area contributed by atoms with Crippen molar-refractivity contribution in [2.24, 2.45) is 0 Å². The van der Waals surface area contributed by atoms with Crippen LogP contribution in [0.5, 0.6) is 0 Å². The summed E-state index contributed by atoms with van der Waals surface area (Å²) in [5.41, 5.74) is 10.9. The zero-order valence-electron chi connectivity index (χ0n) is 31.4. The van der Waals surface area contributed by atoms with Gasteiger partial charge in [-0.1, -0.05) is 182 Å². The Kier molecular flexibility index (Phi) is 7.11. The summed E-state index contributed by atoms with van der Waals surface area (Å²) in [6.45, 7) is 0. The molecule has 0 saturated heterocycles. The molecular formula is C54H34N4. The van der Waals surface area contributed by atoms with Gasteiger partial charge in [0, 0.05) is 21.9 Å². The molecule has 9 aromatic carbocycles. The van der Waals surface area contributed by atoms with Crippen molar-refractivity contribution in [1.82, 2.24) is 19.5 Å². The lowest BCUT2D eigenvalue weighted by Gasteiger charge is -2.34. The highest BCUT2D eigenvalue weighted by atomic mass is 15.2. The van der Waals surface area contributed by atoms with Crippen LogP contribution in [-0.2, 0) is 5.41 Å². The second kappa shape index (κ2) is 12.7. The average molecular weight is 739 g/mol. The molecule has 0 unspecified atom stereocenters. The fourth-order valence-electron chi connectivity index (χ4n) is 9.51. The van der Waals surface area contributed by atoms with Crippen molar-refractivity contribution in [2.45, 2.75) is 5.41 Å². The molecule has 1 aliphatic carbocycles. The minimum absolute atomic E-state index is 0.546. The number of hydrogen-bond donors (Lipinski definition) is 0. The van der Waals surface area contributed by atoms with Crippen molar-refractivity contribution >= 4 is 43.4 Å². The van der Waals surface area contributed by atoms with Gasteiger partial charge in [-0.25, -0.2) is 4.98 Å². The highest BCUT2D eigenvalue weighted by Crippen LogP contribution is 2.56. The molecule has 0 aliphatic heterocycles. The van der Waals surface area contributed by atoms with Crippen LogP contribution in [0.15, 0.2) is 206 Å². The van der Waals surface area contributed by atoms with Crippen molar-refractivity contribution in [1.29, 1.82) is 0 Å². The summed E-state index contributed by atoms with van der Waals surface area (Å²) in [5, 5.41) is 6.91. The van der Waals surface area contributed by atoms with E-state index in [2.05, 4.69) is 211 Å². The number of benzene rings is 9. The molecule has 0 amide bonds. The SMILES string of the molecule is c1ccc(C2(c3ccc4c5ccccc5n(-c5nc(-c6ccc7ccccc7c6)nc(-c6ccc7ccccc7c6)n5)c4c3)c3ccccc3-c3ccccc32)cc1. The van der Waals surface area contributed by atoms with Crippen molar-refractivity contribution < 1.29 is 0 Å². The maximum Gasteiger partial charge on any atom is 0.238 e. The number of aromatic nitrogens is 4. The first-order valence-electron chi connectivity index (χ1n) is 19.8. The zero-order valence-corrected chi connectivity index (χ0v) is 31.4. The van der Waals surface area contributed by atoms with E-state index in [9.17, 15) is 0 Å². The molecule has 4 heteroatoms. The Labute approximate surface area is 335 Å². The smallest absolute Gasteiger partial charge is 0.238 e. The molecule has 0 radical (unpaired) electrons. The van der Waals surface area contributed by atoms with Crippen molar-refractivity contribution in [3.05, 3.63) is 229 Å². The van der Waals surface area contributed by atoms with Gasteiger partial charge in [-0.2, -0.15) is 9.97 Å². The van der Waals surface area contributed by atoms with Crippen LogP contribution in [-0.4, -0.2) is 19.5 Å². The zero-order chi connectivity index (χ0) is 38.2. The van der Waals surface area contributed by atoms with Crippen LogP contribution in [0.3, 0.4) is 0 Å². The van der Waals surface area contributed by atoms with Gasteiger partial charge in [0.2, 0.25) is 5.95 Å². The minimum Gasteiger partial charge on any atom is -0.278 e. The number of nitrogens with zero attached hydrogens (tertiary/aromatic N) is 4. The third-order valence-corrected chi connectivity index (χ3v) is 12.1. The Hall–Kier alpha value is -7.69. The molecule has 270 valence electrons. The molecule has 58 heavy (non-hydrogen) atoms. The molecule has 0 spiro atoms. The molecule has 11 aromatic rings. The van der Waals surface area contributed by atoms with E-state index in [1.807, 2.05) is 0 Å². The topological polar surface area (TPSA) is 43.6 Å². The van der Waals surface area contributed by atoms with Crippen molar-refractivity contribution in [2.75, 3.05) is 0 Å². The van der Waals surface area contributed by atoms with E-state index in [0.717, 1.165) is 43.7 Å². The van der Waals surface area contributed by atoms with Gasteiger partial charge in [0.1, 0.15) is 0 Å². The molecule has 0 atom stereocenters. The number of hydrogen-bond acceptors (Lipinski definition) is 3. The Morgan fingerprint density at radius 1 is 0.345 bits per heavy atom. The fraction of sp³-hybridized carbons (Fsp3) is 0.0185. The highest BCUT2D eigenvalue weighted by molar-refractivity contribution is 6.09. The predicted octanol–water partition coefficient (Wildman–Crippen LogP) is 13.0. The van der Waals surface area contributed by atoms with E-state index < -0.39 is 5.41 Å². The van der Waals surface area contributed by atoms with Gasteiger partial charge >= 0.3 is 0 Å². The summed E-state index contributed by atoms with van der Waals surface area (Å²) in [4.78, 5) is 15.9. The first-order chi connectivity index (χ1) is 28.7. The molecular weight excluding hydrogens is 705 g/mol. The molecule has 0 fully saturated rings. The summed E-state index contributed by atoms with van der Waals surface area (Å²) >= 11 is 0. The first-order valence-corrected chi connectivity index (χ1v) is 19.8. The second-order valence-corrected chi connectivity index (χ2v) is 15.2. The average Bonchev–Trinajstić information content (AvgIpc) is 3.79. The Morgan fingerprint density at radius 2 is 0.862 bits per heavy atom. The van der Waals surface area contributed by atoms with Gasteiger partial charge in [0.25, 0.3) is 0 Å². The monoisotopic (exact) mass is 738 g/mol. The third-order valence-electron chi connectivity index (χ3n) is 12.1. The molecule has 4 nitrogen and oxygen atoms in total. The van der Waals surface area contributed by atoms with Gasteiger partial charge in [-0.3, -0.25) is 4.57 Å². The van der Waals surface area contributed by atoms with Crippen molar-refractivity contribution in [3.8, 4) is 39.9 Å². The maximum absolute atomic E-state index is 5.36. The Balaban J connectivity index is 1.16. The first kappa shape index (κ1) is 32.5. The van der Waals surface area contributed by atoms with E-state index in [1.54, 1.807) is 0 Å². The molecule has 1 aliphatic rings. The second-order valence-electron chi connectivity index (χ2n) is 15.2. The summed E-state index contributed by atoms with van der Waals surface area (Å²) in [7, 11) is 0. The summed E-state index contributed by atoms with van der Waals surface area (Å²) < 4.78 is 2.25. The van der Waals surface area contributed by atoms with Crippen LogP contribution in [0.25, 0.3) is 83.2 Å². The van der Waals surface area contributed by atoms with Gasteiger partial charge in [-0.05, 0) is 79.2 Å². The van der Waals surface area contributed by atoms with E-state index in [4.69, 9.17) is 15.0 Å². The van der Waals surface area contributed by atoms with Gasteiger partial charge < -0.3 is 0 Å².